The number of carbonyl (C=O) groups is 2. The van der Waals surface area contributed by atoms with Crippen LogP contribution in [0.2, 0.25) is 5.02 Å². The van der Waals surface area contributed by atoms with E-state index in [9.17, 15) is 14.9 Å². The maximum Gasteiger partial charge on any atom is 0.317 e. The average Bonchev–Trinajstić information content (AvgIpc) is 3.38. The van der Waals surface area contributed by atoms with Crippen LogP contribution in [0.25, 0.3) is 0 Å². The predicted molar refractivity (Wildman–Crippen MR) is 97.4 cm³/mol. The molecule has 1 aromatic carbocycles. The van der Waals surface area contributed by atoms with E-state index in [-0.39, 0.29) is 18.5 Å². The fourth-order valence-corrected chi connectivity index (χ4v) is 3.96. The van der Waals surface area contributed by atoms with Gasteiger partial charge in [-0.05, 0) is 56.2 Å². The van der Waals surface area contributed by atoms with Gasteiger partial charge in [0.05, 0.1) is 11.5 Å². The quantitative estimate of drug-likeness (QED) is 0.773. The molecule has 0 unspecified atom stereocenters. The van der Waals surface area contributed by atoms with E-state index in [2.05, 4.69) is 11.4 Å². The Morgan fingerprint density at radius 2 is 1.92 bits per heavy atom. The summed E-state index contributed by atoms with van der Waals surface area (Å²) in [5.41, 5.74) is -0.713. The minimum absolute atomic E-state index is 0.183. The number of nitriles is 1. The van der Waals surface area contributed by atoms with E-state index in [4.69, 9.17) is 16.3 Å². The third-order valence-corrected chi connectivity index (χ3v) is 5.86. The number of esters is 1. The monoisotopic (exact) mass is 374 g/mol. The van der Waals surface area contributed by atoms with E-state index in [1.165, 1.54) is 0 Å². The molecule has 1 aromatic rings. The number of carbonyl (C=O) groups excluding carboxylic acids is 2. The maximum absolute atomic E-state index is 12.8. The van der Waals surface area contributed by atoms with Gasteiger partial charge in [-0.15, -0.1) is 0 Å². The second kappa shape index (κ2) is 7.28. The Morgan fingerprint density at radius 1 is 1.31 bits per heavy atom. The molecule has 5 nitrogen and oxygen atoms in total. The average molecular weight is 375 g/mol. The van der Waals surface area contributed by atoms with Gasteiger partial charge in [0, 0.05) is 5.02 Å². The Balaban J connectivity index is 1.65. The lowest BCUT2D eigenvalue weighted by atomic mass is 9.79. The van der Waals surface area contributed by atoms with Crippen molar-refractivity contribution in [2.24, 2.45) is 5.92 Å². The lowest BCUT2D eigenvalue weighted by molar-refractivity contribution is -0.154. The Labute approximate surface area is 158 Å². The lowest BCUT2D eigenvalue weighted by Crippen LogP contribution is -2.48. The molecule has 3 rings (SSSR count). The molecule has 1 atom stereocenters. The molecule has 2 fully saturated rings. The van der Waals surface area contributed by atoms with Gasteiger partial charge in [-0.2, -0.15) is 5.26 Å². The summed E-state index contributed by atoms with van der Waals surface area (Å²) in [7, 11) is 0. The molecule has 138 valence electrons. The minimum Gasteiger partial charge on any atom is -0.455 e. The van der Waals surface area contributed by atoms with Crippen LogP contribution in [-0.4, -0.2) is 24.0 Å². The zero-order chi connectivity index (χ0) is 18.8. The Bertz CT molecular complexity index is 730. The number of nitrogens with zero attached hydrogens (tertiary/aromatic N) is 1. The fraction of sp³-hybridized carbons (Fsp3) is 0.550. The molecule has 6 heteroatoms. The molecule has 2 aliphatic carbocycles. The van der Waals surface area contributed by atoms with Gasteiger partial charge >= 0.3 is 5.97 Å². The molecule has 0 aliphatic heterocycles. The van der Waals surface area contributed by atoms with Crippen molar-refractivity contribution in [1.29, 1.82) is 5.26 Å². The summed E-state index contributed by atoms with van der Waals surface area (Å²) >= 11 is 5.96. The van der Waals surface area contributed by atoms with Crippen LogP contribution < -0.4 is 5.32 Å². The number of rotatable bonds is 6. The zero-order valence-corrected chi connectivity index (χ0v) is 15.6. The number of amides is 1. The van der Waals surface area contributed by atoms with Crippen LogP contribution in [-0.2, 0) is 19.7 Å². The van der Waals surface area contributed by atoms with Gasteiger partial charge in [0.2, 0.25) is 0 Å². The largest absolute Gasteiger partial charge is 0.455 e. The second-order valence-corrected chi connectivity index (χ2v) is 7.95. The smallest absolute Gasteiger partial charge is 0.317 e. The van der Waals surface area contributed by atoms with E-state index in [0.29, 0.717) is 17.9 Å². The van der Waals surface area contributed by atoms with Crippen LogP contribution in [0.15, 0.2) is 24.3 Å². The highest BCUT2D eigenvalue weighted by molar-refractivity contribution is 6.30. The molecule has 1 amide bonds. The van der Waals surface area contributed by atoms with Crippen molar-refractivity contribution in [2.75, 3.05) is 6.61 Å². The van der Waals surface area contributed by atoms with Gasteiger partial charge in [0.15, 0.2) is 6.61 Å². The molecule has 2 saturated carbocycles. The number of hydrogen-bond acceptors (Lipinski definition) is 4. The zero-order valence-electron chi connectivity index (χ0n) is 14.9. The molecular formula is C20H23ClN2O3. The van der Waals surface area contributed by atoms with Gasteiger partial charge in [-0.1, -0.05) is 36.6 Å². The Hall–Kier alpha value is -2.06. The van der Waals surface area contributed by atoms with Gasteiger partial charge in [0.25, 0.3) is 5.91 Å². The first-order valence-electron chi connectivity index (χ1n) is 9.05. The van der Waals surface area contributed by atoms with E-state index >= 15 is 0 Å². The number of nitrogens with one attached hydrogen (secondary N) is 1. The molecule has 1 N–H and O–H groups in total. The van der Waals surface area contributed by atoms with Crippen LogP contribution in [0, 0.1) is 17.2 Å². The molecule has 0 radical (unpaired) electrons. The summed E-state index contributed by atoms with van der Waals surface area (Å²) in [4.78, 5) is 25.0. The van der Waals surface area contributed by atoms with Gasteiger partial charge in [-0.3, -0.25) is 9.59 Å². The summed E-state index contributed by atoms with van der Waals surface area (Å²) in [6, 6.07) is 9.42. The number of benzene rings is 1. The van der Waals surface area contributed by atoms with Crippen LogP contribution in [0.4, 0.5) is 0 Å². The van der Waals surface area contributed by atoms with Gasteiger partial charge in [0.1, 0.15) is 5.54 Å². The third-order valence-electron chi connectivity index (χ3n) is 5.60. The molecule has 0 spiro atoms. The van der Waals surface area contributed by atoms with Crippen molar-refractivity contribution in [2.45, 2.75) is 56.4 Å². The summed E-state index contributed by atoms with van der Waals surface area (Å²) in [6.45, 7) is 1.36. The standard InChI is InChI=1S/C20H23ClN2O3/c1-19(13-22,14-4-5-14)23-17(24)12-26-18(25)20(10-2-3-11-20)15-6-8-16(21)9-7-15/h6-9,14H,2-5,10-12H2,1H3,(H,23,24)/t19-/m1/s1. The molecule has 2 aliphatic rings. The lowest BCUT2D eigenvalue weighted by Gasteiger charge is -2.28. The number of hydrogen-bond donors (Lipinski definition) is 1. The summed E-state index contributed by atoms with van der Waals surface area (Å²) in [6.07, 6.45) is 5.16. The van der Waals surface area contributed by atoms with Crippen molar-refractivity contribution < 1.29 is 14.3 Å². The minimum atomic E-state index is -0.884. The first-order valence-corrected chi connectivity index (χ1v) is 9.43. The molecule has 0 aromatic heterocycles. The first kappa shape index (κ1) is 18.7. The topological polar surface area (TPSA) is 79.2 Å². The number of halogens is 1. The normalized spacial score (nSPS) is 20.7. The van der Waals surface area contributed by atoms with Crippen molar-refractivity contribution in [3.05, 3.63) is 34.9 Å². The van der Waals surface area contributed by atoms with E-state index in [1.807, 2.05) is 12.1 Å². The number of ether oxygens (including phenoxy) is 1. The molecule has 0 bridgehead atoms. The van der Waals surface area contributed by atoms with Crippen molar-refractivity contribution in [3.63, 3.8) is 0 Å². The van der Waals surface area contributed by atoms with E-state index in [0.717, 1.165) is 31.2 Å². The van der Waals surface area contributed by atoms with Crippen LogP contribution in [0.3, 0.4) is 0 Å². The predicted octanol–water partition coefficient (Wildman–Crippen LogP) is 3.50. The highest BCUT2D eigenvalue weighted by atomic mass is 35.5. The maximum atomic E-state index is 12.8. The van der Waals surface area contributed by atoms with Crippen LogP contribution in [0.1, 0.15) is 51.0 Å². The third kappa shape index (κ3) is 3.71. The summed E-state index contributed by atoms with van der Waals surface area (Å²) in [5, 5.41) is 12.7. The van der Waals surface area contributed by atoms with Gasteiger partial charge < -0.3 is 10.1 Å². The molecule has 26 heavy (non-hydrogen) atoms. The molecular weight excluding hydrogens is 352 g/mol. The van der Waals surface area contributed by atoms with E-state index in [1.54, 1.807) is 19.1 Å². The van der Waals surface area contributed by atoms with E-state index < -0.39 is 16.9 Å². The Kier molecular flexibility index (Phi) is 5.24. The van der Waals surface area contributed by atoms with Crippen molar-refractivity contribution in [1.82, 2.24) is 5.32 Å². The van der Waals surface area contributed by atoms with Gasteiger partial charge in [-0.25, -0.2) is 0 Å². The fourth-order valence-electron chi connectivity index (χ4n) is 3.84. The second-order valence-electron chi connectivity index (χ2n) is 7.51. The first-order chi connectivity index (χ1) is 12.4. The van der Waals surface area contributed by atoms with Crippen LogP contribution in [0.5, 0.6) is 0 Å². The Morgan fingerprint density at radius 3 is 2.46 bits per heavy atom. The van der Waals surface area contributed by atoms with Crippen molar-refractivity contribution >= 4 is 23.5 Å². The molecule has 0 heterocycles. The SMILES string of the molecule is C[C@](C#N)(NC(=O)COC(=O)C1(c2ccc(Cl)cc2)CCCC1)C1CC1. The summed E-state index contributed by atoms with van der Waals surface area (Å²) < 4.78 is 5.37. The van der Waals surface area contributed by atoms with Crippen LogP contribution >= 0.6 is 11.6 Å². The highest BCUT2D eigenvalue weighted by Crippen LogP contribution is 2.42. The van der Waals surface area contributed by atoms with Crippen molar-refractivity contribution in [3.8, 4) is 6.07 Å². The summed E-state index contributed by atoms with van der Waals surface area (Å²) in [5.74, 6) is -0.626. The molecule has 0 saturated heterocycles. The highest BCUT2D eigenvalue weighted by Gasteiger charge is 2.45.